The number of nitrogens with one attached hydrogen (secondary N) is 1. The van der Waals surface area contributed by atoms with E-state index in [4.69, 9.17) is 5.26 Å². The zero-order valence-electron chi connectivity index (χ0n) is 19.0. The third-order valence-electron chi connectivity index (χ3n) is 6.37. The van der Waals surface area contributed by atoms with E-state index >= 15 is 0 Å². The Morgan fingerprint density at radius 2 is 1.56 bits per heavy atom. The van der Waals surface area contributed by atoms with E-state index in [0.717, 1.165) is 38.3 Å². The average Bonchev–Trinajstić information content (AvgIpc) is 2.78. The van der Waals surface area contributed by atoms with Crippen molar-refractivity contribution in [2.75, 3.05) is 44.6 Å². The first-order chi connectivity index (χ1) is 16.9. The van der Waals surface area contributed by atoms with Crippen molar-refractivity contribution in [1.82, 2.24) is 14.7 Å². The number of rotatable bonds is 4. The fraction of sp³-hybridized carbons (Fsp3) is 0.417. The molecule has 2 aliphatic heterocycles. The molecule has 36 heavy (non-hydrogen) atoms. The standard InChI is InChI=1S/C24H23F6N5O/c25-23(26,27)18-9-19(24(28,29)30)11-20(10-18)32-22(36)35-14-21(15-35)34-6-4-33(5-7-34)13-17-3-1-2-16(8-17)12-31/h1-3,8-11,21H,4-7,13-15H2,(H,32,36). The zero-order chi connectivity index (χ0) is 26.1. The number of carbonyl (C=O) groups is 1. The fourth-order valence-corrected chi connectivity index (χ4v) is 4.37. The van der Waals surface area contributed by atoms with Crippen LogP contribution in [0.1, 0.15) is 22.3 Å². The van der Waals surface area contributed by atoms with Crippen molar-refractivity contribution in [2.45, 2.75) is 24.9 Å². The number of likely N-dealkylation sites (tertiary alicyclic amines) is 1. The van der Waals surface area contributed by atoms with Gasteiger partial charge in [0.1, 0.15) is 0 Å². The van der Waals surface area contributed by atoms with E-state index < -0.39 is 35.2 Å². The Morgan fingerprint density at radius 1 is 0.944 bits per heavy atom. The summed E-state index contributed by atoms with van der Waals surface area (Å²) < 4.78 is 78.2. The molecule has 0 atom stereocenters. The number of hydrogen-bond donors (Lipinski definition) is 1. The number of anilines is 1. The maximum absolute atomic E-state index is 13.0. The smallest absolute Gasteiger partial charge is 0.321 e. The molecule has 12 heteroatoms. The summed E-state index contributed by atoms with van der Waals surface area (Å²) >= 11 is 0. The van der Waals surface area contributed by atoms with Crippen LogP contribution in [0.25, 0.3) is 0 Å². The molecule has 2 aliphatic rings. The van der Waals surface area contributed by atoms with Gasteiger partial charge < -0.3 is 10.2 Å². The van der Waals surface area contributed by atoms with Gasteiger partial charge in [-0.15, -0.1) is 0 Å². The molecule has 0 aliphatic carbocycles. The van der Waals surface area contributed by atoms with E-state index in [-0.39, 0.29) is 12.1 Å². The lowest BCUT2D eigenvalue weighted by molar-refractivity contribution is -0.143. The van der Waals surface area contributed by atoms with Crippen molar-refractivity contribution in [2.24, 2.45) is 0 Å². The SMILES string of the molecule is N#Cc1cccc(CN2CCN(C3CN(C(=O)Nc4cc(C(F)(F)F)cc(C(F)(F)F)c4)C3)CC2)c1. The molecular weight excluding hydrogens is 488 g/mol. The van der Waals surface area contributed by atoms with Crippen molar-refractivity contribution < 1.29 is 31.1 Å². The molecule has 0 radical (unpaired) electrons. The van der Waals surface area contributed by atoms with Crippen molar-refractivity contribution in [3.05, 3.63) is 64.7 Å². The fourth-order valence-electron chi connectivity index (χ4n) is 4.37. The van der Waals surface area contributed by atoms with Gasteiger partial charge in [0.05, 0.1) is 22.8 Å². The van der Waals surface area contributed by atoms with Crippen LogP contribution in [-0.2, 0) is 18.9 Å². The maximum atomic E-state index is 13.0. The molecule has 0 saturated carbocycles. The number of carbonyl (C=O) groups excluding carboxylic acids is 1. The van der Waals surface area contributed by atoms with E-state index in [2.05, 4.69) is 21.2 Å². The van der Waals surface area contributed by atoms with Gasteiger partial charge in [-0.05, 0) is 35.9 Å². The van der Waals surface area contributed by atoms with Crippen LogP contribution in [-0.4, -0.2) is 66.0 Å². The second kappa shape index (κ2) is 9.99. The molecule has 2 aromatic carbocycles. The van der Waals surface area contributed by atoms with Crippen LogP contribution in [0.15, 0.2) is 42.5 Å². The van der Waals surface area contributed by atoms with Crippen LogP contribution in [0.4, 0.5) is 36.8 Å². The number of nitriles is 1. The monoisotopic (exact) mass is 511 g/mol. The predicted octanol–water partition coefficient (Wildman–Crippen LogP) is 4.63. The highest BCUT2D eigenvalue weighted by Crippen LogP contribution is 2.37. The molecule has 2 aromatic rings. The van der Waals surface area contributed by atoms with Gasteiger partial charge in [-0.25, -0.2) is 4.79 Å². The van der Waals surface area contributed by atoms with Crippen LogP contribution in [0, 0.1) is 11.3 Å². The lowest BCUT2D eigenvalue weighted by Crippen LogP contribution is -2.64. The molecule has 0 aromatic heterocycles. The number of alkyl halides is 6. The van der Waals surface area contributed by atoms with Gasteiger partial charge in [-0.1, -0.05) is 12.1 Å². The number of amides is 2. The first-order valence-electron chi connectivity index (χ1n) is 11.2. The van der Waals surface area contributed by atoms with Gasteiger partial charge in [-0.2, -0.15) is 31.6 Å². The van der Waals surface area contributed by atoms with E-state index in [0.29, 0.717) is 30.8 Å². The second-order valence-corrected chi connectivity index (χ2v) is 8.91. The van der Waals surface area contributed by atoms with Gasteiger partial charge in [-0.3, -0.25) is 9.80 Å². The number of halogens is 6. The van der Waals surface area contributed by atoms with Crippen molar-refractivity contribution >= 4 is 11.7 Å². The van der Waals surface area contributed by atoms with Crippen LogP contribution in [0.5, 0.6) is 0 Å². The first-order valence-corrected chi connectivity index (χ1v) is 11.2. The average molecular weight is 511 g/mol. The van der Waals surface area contributed by atoms with E-state index in [1.165, 1.54) is 4.90 Å². The summed E-state index contributed by atoms with van der Waals surface area (Å²) in [6.45, 7) is 4.51. The summed E-state index contributed by atoms with van der Waals surface area (Å²) in [7, 11) is 0. The highest BCUT2D eigenvalue weighted by Gasteiger charge is 2.39. The van der Waals surface area contributed by atoms with Crippen LogP contribution < -0.4 is 5.32 Å². The summed E-state index contributed by atoms with van der Waals surface area (Å²) in [6.07, 6.45) is -9.97. The maximum Gasteiger partial charge on any atom is 0.416 e. The Morgan fingerprint density at radius 3 is 2.11 bits per heavy atom. The molecule has 1 N–H and O–H groups in total. The van der Waals surface area contributed by atoms with Crippen LogP contribution in [0.3, 0.4) is 0 Å². The second-order valence-electron chi connectivity index (χ2n) is 8.91. The summed E-state index contributed by atoms with van der Waals surface area (Å²) in [4.78, 5) is 18.3. The Hall–Kier alpha value is -3.30. The number of benzene rings is 2. The lowest BCUT2D eigenvalue weighted by Gasteiger charge is -2.48. The molecule has 2 fully saturated rings. The summed E-state index contributed by atoms with van der Waals surface area (Å²) in [5.41, 5.74) is -1.85. The van der Waals surface area contributed by atoms with Crippen molar-refractivity contribution in [3.8, 4) is 6.07 Å². The van der Waals surface area contributed by atoms with Gasteiger partial charge >= 0.3 is 18.4 Å². The Kier molecular flexibility index (Phi) is 7.15. The molecule has 6 nitrogen and oxygen atoms in total. The Labute approximate surface area is 203 Å². The van der Waals surface area contributed by atoms with E-state index in [1.54, 1.807) is 6.07 Å². The Balaban J connectivity index is 1.28. The van der Waals surface area contributed by atoms with Crippen molar-refractivity contribution in [3.63, 3.8) is 0 Å². The summed E-state index contributed by atoms with van der Waals surface area (Å²) in [6, 6.07) is 9.90. The van der Waals surface area contributed by atoms with Crippen LogP contribution >= 0.6 is 0 Å². The number of hydrogen-bond acceptors (Lipinski definition) is 4. The van der Waals surface area contributed by atoms with Gasteiger partial charge in [0.2, 0.25) is 0 Å². The molecule has 0 bridgehead atoms. The minimum atomic E-state index is -4.98. The molecule has 0 unspecified atom stereocenters. The molecule has 0 spiro atoms. The summed E-state index contributed by atoms with van der Waals surface area (Å²) in [5, 5.41) is 11.2. The highest BCUT2D eigenvalue weighted by atomic mass is 19.4. The van der Waals surface area contributed by atoms with Gasteiger partial charge in [0.15, 0.2) is 0 Å². The van der Waals surface area contributed by atoms with E-state index in [9.17, 15) is 31.1 Å². The van der Waals surface area contributed by atoms with Crippen LogP contribution in [0.2, 0.25) is 0 Å². The highest BCUT2D eigenvalue weighted by molar-refractivity contribution is 5.90. The zero-order valence-corrected chi connectivity index (χ0v) is 19.0. The van der Waals surface area contributed by atoms with Gasteiger partial charge in [0.25, 0.3) is 0 Å². The molecular formula is C24H23F6N5O. The first kappa shape index (κ1) is 25.8. The lowest BCUT2D eigenvalue weighted by atomic mass is 10.1. The largest absolute Gasteiger partial charge is 0.416 e. The molecule has 2 saturated heterocycles. The number of nitrogens with zero attached hydrogens (tertiary/aromatic N) is 4. The number of urea groups is 1. The molecule has 2 amide bonds. The minimum Gasteiger partial charge on any atom is -0.321 e. The third-order valence-corrected chi connectivity index (χ3v) is 6.37. The Bertz CT molecular complexity index is 1110. The molecule has 192 valence electrons. The number of piperazine rings is 1. The predicted molar refractivity (Wildman–Crippen MR) is 119 cm³/mol. The van der Waals surface area contributed by atoms with Gasteiger partial charge in [0, 0.05) is 57.5 Å². The third kappa shape index (κ3) is 6.09. The minimum absolute atomic E-state index is 0.0230. The quantitative estimate of drug-likeness (QED) is 0.609. The normalized spacial score (nSPS) is 18.0. The van der Waals surface area contributed by atoms with Crippen molar-refractivity contribution in [1.29, 1.82) is 5.26 Å². The van der Waals surface area contributed by atoms with E-state index in [1.807, 2.05) is 18.2 Å². The topological polar surface area (TPSA) is 62.6 Å². The summed E-state index contributed by atoms with van der Waals surface area (Å²) in [5.74, 6) is 0. The molecule has 4 rings (SSSR count). The molecule has 2 heterocycles.